The zero-order chi connectivity index (χ0) is 34.1. The molecule has 4 unspecified atom stereocenters. The van der Waals surface area contributed by atoms with Crippen LogP contribution in [0, 0.1) is 17.2 Å². The van der Waals surface area contributed by atoms with Crippen LogP contribution < -0.4 is 10.2 Å². The fraction of sp³-hybridized carbons (Fsp3) is 0.718. The van der Waals surface area contributed by atoms with E-state index in [4.69, 9.17) is 4.74 Å². The van der Waals surface area contributed by atoms with Crippen LogP contribution in [0.1, 0.15) is 89.0 Å². The number of anilines is 1. The van der Waals surface area contributed by atoms with Crippen molar-refractivity contribution in [3.8, 4) is 6.07 Å². The highest BCUT2D eigenvalue weighted by Crippen LogP contribution is 2.53. The van der Waals surface area contributed by atoms with Crippen molar-refractivity contribution in [2.24, 2.45) is 5.92 Å². The number of likely N-dealkylation sites (N-methyl/N-ethyl adjacent to an activating group) is 2. The number of benzene rings is 1. The molecule has 7 atom stereocenters. The lowest BCUT2D eigenvalue weighted by molar-refractivity contribution is -0.216. The molecule has 10 nitrogen and oxygen atoms in total. The number of rotatable bonds is 7. The second-order valence-electron chi connectivity index (χ2n) is 15.7. The number of carbonyl (C=O) groups is 2. The standard InChI is InChI=1S/C39H57N7O3/c1-4-35(47)45-24-23-44(26-29(45)19-21-40)36-31-18-20-39(32-16-10-11-17-34(32)43(3)37(39)48)25-33(31)41-38(49-27-30-15-12-22-42(30)2)46(36)28-13-8-6-5-7-9-14-28/h4,10-11,16-17,28-31,33,36,38,41H,1,5-9,12-15,18-20,22-27H2,2-3H3/t29-,30-,31?,33?,36?,38?,39+/m0/s1. The summed E-state index contributed by atoms with van der Waals surface area (Å²) in [5, 5.41) is 14.0. The van der Waals surface area contributed by atoms with Crippen molar-refractivity contribution in [3.05, 3.63) is 42.5 Å². The number of likely N-dealkylation sites (tertiary alicyclic amines) is 1. The highest BCUT2D eigenvalue weighted by Gasteiger charge is 2.59. The van der Waals surface area contributed by atoms with Crippen LogP contribution in [0.4, 0.5) is 5.69 Å². The molecule has 2 amide bonds. The number of nitrogens with zero attached hydrogens (tertiary/aromatic N) is 6. The lowest BCUT2D eigenvalue weighted by Gasteiger charge is -2.60. The average Bonchev–Trinajstić information content (AvgIpc) is 3.60. The second kappa shape index (κ2) is 14.8. The van der Waals surface area contributed by atoms with Gasteiger partial charge in [0, 0.05) is 56.4 Å². The van der Waals surface area contributed by atoms with Crippen LogP contribution in [-0.2, 0) is 19.7 Å². The zero-order valence-electron chi connectivity index (χ0n) is 29.8. The van der Waals surface area contributed by atoms with Crippen LogP contribution >= 0.6 is 0 Å². The topological polar surface area (TPSA) is 95.4 Å². The average molecular weight is 672 g/mol. The maximum absolute atomic E-state index is 14.2. The van der Waals surface area contributed by atoms with E-state index < -0.39 is 5.41 Å². The zero-order valence-corrected chi connectivity index (χ0v) is 29.8. The number of amides is 2. The third-order valence-corrected chi connectivity index (χ3v) is 13.1. The maximum Gasteiger partial charge on any atom is 0.246 e. The monoisotopic (exact) mass is 671 g/mol. The third kappa shape index (κ3) is 6.46. The number of ether oxygens (including phenoxy) is 1. The molecule has 3 saturated heterocycles. The number of para-hydroxylation sites is 1. The summed E-state index contributed by atoms with van der Waals surface area (Å²) in [5.74, 6) is 0.396. The number of carbonyl (C=O) groups excluding carboxylic acids is 2. The summed E-state index contributed by atoms with van der Waals surface area (Å²) in [5.41, 5.74) is 1.66. The van der Waals surface area contributed by atoms with E-state index in [0.717, 1.165) is 62.9 Å². The summed E-state index contributed by atoms with van der Waals surface area (Å²) in [7, 11) is 4.14. The molecule has 49 heavy (non-hydrogen) atoms. The van der Waals surface area contributed by atoms with Crippen LogP contribution in [0.15, 0.2) is 36.9 Å². The number of nitrogens with one attached hydrogen (secondary N) is 1. The Morgan fingerprint density at radius 1 is 1.04 bits per heavy atom. The van der Waals surface area contributed by atoms with Gasteiger partial charge in [-0.2, -0.15) is 5.26 Å². The molecular formula is C39H57N7O3. The number of hydrogen-bond donors (Lipinski definition) is 1. The van der Waals surface area contributed by atoms with Gasteiger partial charge in [-0.15, -0.1) is 0 Å². The van der Waals surface area contributed by atoms with Gasteiger partial charge in [0.2, 0.25) is 11.8 Å². The Bertz CT molecular complexity index is 1410. The first kappa shape index (κ1) is 34.6. The first-order valence-electron chi connectivity index (χ1n) is 19.1. The van der Waals surface area contributed by atoms with E-state index >= 15 is 0 Å². The molecule has 1 aromatic carbocycles. The second-order valence-corrected chi connectivity index (χ2v) is 15.7. The molecule has 0 aromatic heterocycles. The Morgan fingerprint density at radius 2 is 1.82 bits per heavy atom. The van der Waals surface area contributed by atoms with Gasteiger partial charge in [-0.3, -0.25) is 19.8 Å². The van der Waals surface area contributed by atoms with E-state index in [0.29, 0.717) is 38.2 Å². The van der Waals surface area contributed by atoms with Crippen LogP contribution in [0.2, 0.25) is 0 Å². The first-order valence-corrected chi connectivity index (χ1v) is 19.1. The Hall–Kier alpha value is -2.81. The lowest BCUT2D eigenvalue weighted by atomic mass is 9.63. The molecule has 6 aliphatic rings. The maximum atomic E-state index is 14.2. The van der Waals surface area contributed by atoms with Gasteiger partial charge in [-0.1, -0.05) is 56.9 Å². The number of piperazine rings is 1. The van der Waals surface area contributed by atoms with Gasteiger partial charge in [0.25, 0.3) is 0 Å². The molecular weight excluding hydrogens is 614 g/mol. The van der Waals surface area contributed by atoms with Gasteiger partial charge in [0.15, 0.2) is 6.35 Å². The highest BCUT2D eigenvalue weighted by atomic mass is 16.5. The van der Waals surface area contributed by atoms with Crippen molar-refractivity contribution in [1.29, 1.82) is 5.26 Å². The number of fused-ring (bicyclic) bond motifs is 3. The summed E-state index contributed by atoms with van der Waals surface area (Å²) in [4.78, 5) is 38.6. The van der Waals surface area contributed by atoms with Gasteiger partial charge in [-0.25, -0.2) is 4.90 Å². The normalized spacial score (nSPS) is 35.1. The first-order chi connectivity index (χ1) is 23.9. The van der Waals surface area contributed by atoms with Crippen LogP contribution in [0.3, 0.4) is 0 Å². The smallest absolute Gasteiger partial charge is 0.246 e. The van der Waals surface area contributed by atoms with E-state index in [1.165, 1.54) is 44.6 Å². The Balaban J connectivity index is 1.26. The van der Waals surface area contributed by atoms with Crippen molar-refractivity contribution in [3.63, 3.8) is 0 Å². The summed E-state index contributed by atoms with van der Waals surface area (Å²) >= 11 is 0. The molecule has 266 valence electrons. The van der Waals surface area contributed by atoms with E-state index in [1.807, 2.05) is 22.9 Å². The molecule has 5 fully saturated rings. The Labute approximate surface area is 293 Å². The Morgan fingerprint density at radius 3 is 2.55 bits per heavy atom. The van der Waals surface area contributed by atoms with Gasteiger partial charge < -0.3 is 19.4 Å². The molecule has 2 aliphatic carbocycles. The molecule has 2 saturated carbocycles. The molecule has 7 rings (SSSR count). The lowest BCUT2D eigenvalue weighted by Crippen LogP contribution is -2.75. The summed E-state index contributed by atoms with van der Waals surface area (Å²) in [6.45, 7) is 7.52. The van der Waals surface area contributed by atoms with E-state index in [9.17, 15) is 14.9 Å². The minimum atomic E-state index is -0.541. The summed E-state index contributed by atoms with van der Waals surface area (Å²) in [6, 6.07) is 11.4. The molecule has 1 spiro atoms. The van der Waals surface area contributed by atoms with Crippen molar-refractivity contribution >= 4 is 17.5 Å². The van der Waals surface area contributed by atoms with E-state index in [-0.39, 0.29) is 42.3 Å². The van der Waals surface area contributed by atoms with Crippen molar-refractivity contribution in [1.82, 2.24) is 24.9 Å². The molecule has 4 aliphatic heterocycles. The quantitative estimate of drug-likeness (QED) is 0.426. The molecule has 0 radical (unpaired) electrons. The van der Waals surface area contributed by atoms with Gasteiger partial charge in [-0.05, 0) is 76.2 Å². The van der Waals surface area contributed by atoms with Gasteiger partial charge in [0.1, 0.15) is 0 Å². The fourth-order valence-electron chi connectivity index (χ4n) is 10.5. The Kier molecular flexibility index (Phi) is 10.5. The summed E-state index contributed by atoms with van der Waals surface area (Å²) < 4.78 is 7.09. The van der Waals surface area contributed by atoms with Gasteiger partial charge in [0.05, 0.1) is 36.7 Å². The predicted molar refractivity (Wildman–Crippen MR) is 190 cm³/mol. The van der Waals surface area contributed by atoms with Gasteiger partial charge >= 0.3 is 0 Å². The minimum Gasteiger partial charge on any atom is -0.348 e. The molecule has 4 heterocycles. The number of nitriles is 1. The van der Waals surface area contributed by atoms with E-state index in [1.54, 1.807) is 0 Å². The predicted octanol–water partition coefficient (Wildman–Crippen LogP) is 4.42. The van der Waals surface area contributed by atoms with Crippen molar-refractivity contribution < 1.29 is 14.3 Å². The summed E-state index contributed by atoms with van der Waals surface area (Å²) in [6.07, 6.45) is 14.9. The highest BCUT2D eigenvalue weighted by molar-refractivity contribution is 6.07. The fourth-order valence-corrected chi connectivity index (χ4v) is 10.5. The third-order valence-electron chi connectivity index (χ3n) is 13.1. The minimum absolute atomic E-state index is 0.0839. The number of hydrogen-bond acceptors (Lipinski definition) is 8. The van der Waals surface area contributed by atoms with Crippen LogP contribution in [0.5, 0.6) is 0 Å². The van der Waals surface area contributed by atoms with Crippen LogP contribution in [0.25, 0.3) is 0 Å². The van der Waals surface area contributed by atoms with Crippen molar-refractivity contribution in [2.75, 3.05) is 51.8 Å². The molecule has 1 aromatic rings. The molecule has 10 heteroatoms. The molecule has 0 bridgehead atoms. The van der Waals surface area contributed by atoms with Crippen LogP contribution in [-0.4, -0.2) is 115 Å². The van der Waals surface area contributed by atoms with E-state index in [2.05, 4.69) is 57.9 Å². The largest absolute Gasteiger partial charge is 0.348 e. The van der Waals surface area contributed by atoms with Crippen molar-refractivity contribution in [2.45, 2.75) is 126 Å². The SMILES string of the molecule is C=CC(=O)N1CCN(C2C3CC[C@]4(CC3NC(OC[C@@H]3CCCN3C)N2C2CCCCCCC2)C(=O)N(C)c2ccccc24)C[C@@H]1CC#N. The molecule has 1 N–H and O–H groups in total.